The van der Waals surface area contributed by atoms with E-state index in [1.165, 1.54) is 17.3 Å². The average molecular weight is 309 g/mol. The molecule has 0 aliphatic carbocycles. The monoisotopic (exact) mass is 308 g/mol. The number of aromatic nitrogens is 6. The Hall–Kier alpha value is -1.80. The fraction of sp³-hybridized carbons (Fsp3) is 0.583. The molecule has 1 aliphatic rings. The van der Waals surface area contributed by atoms with E-state index in [-0.39, 0.29) is 5.28 Å². The molecule has 21 heavy (non-hydrogen) atoms. The molecular formula is C12H17ClN8. The first-order chi connectivity index (χ1) is 10.1. The largest absolute Gasteiger partial charge is 0.338 e. The van der Waals surface area contributed by atoms with E-state index >= 15 is 0 Å². The van der Waals surface area contributed by atoms with Crippen molar-refractivity contribution in [1.82, 2.24) is 34.6 Å². The highest BCUT2D eigenvalue weighted by molar-refractivity contribution is 6.28. The molecule has 0 bridgehead atoms. The lowest BCUT2D eigenvalue weighted by molar-refractivity contribution is 0.208. The van der Waals surface area contributed by atoms with Crippen molar-refractivity contribution in [3.05, 3.63) is 17.9 Å². The van der Waals surface area contributed by atoms with E-state index in [0.717, 1.165) is 26.2 Å². The van der Waals surface area contributed by atoms with Gasteiger partial charge in [0.2, 0.25) is 11.2 Å². The molecule has 8 nitrogen and oxygen atoms in total. The molecule has 0 aromatic carbocycles. The van der Waals surface area contributed by atoms with Gasteiger partial charge < -0.3 is 4.90 Å². The molecule has 2 aromatic rings. The zero-order valence-electron chi connectivity index (χ0n) is 12.0. The zero-order chi connectivity index (χ0) is 14.8. The minimum Gasteiger partial charge on any atom is -0.338 e. The zero-order valence-corrected chi connectivity index (χ0v) is 12.8. The molecule has 0 N–H and O–H groups in total. The molecule has 1 aliphatic heterocycles. The Balaban J connectivity index is 1.80. The average Bonchev–Trinajstić information content (AvgIpc) is 3.01. The molecule has 2 aromatic heterocycles. The first-order valence-corrected chi connectivity index (χ1v) is 7.27. The summed E-state index contributed by atoms with van der Waals surface area (Å²) in [6.45, 7) is 8.13. The number of rotatable bonds is 3. The van der Waals surface area contributed by atoms with Crippen molar-refractivity contribution in [2.75, 3.05) is 31.1 Å². The highest BCUT2D eigenvalue weighted by Crippen LogP contribution is 2.15. The molecule has 3 rings (SSSR count). The van der Waals surface area contributed by atoms with E-state index < -0.39 is 0 Å². The maximum Gasteiger partial charge on any atom is 0.258 e. The van der Waals surface area contributed by atoms with E-state index in [4.69, 9.17) is 11.6 Å². The summed E-state index contributed by atoms with van der Waals surface area (Å²) >= 11 is 6.00. The van der Waals surface area contributed by atoms with Crippen LogP contribution in [0.5, 0.6) is 0 Å². The van der Waals surface area contributed by atoms with Crippen LogP contribution in [0.1, 0.15) is 13.8 Å². The number of piperazine rings is 1. The van der Waals surface area contributed by atoms with E-state index in [1.54, 1.807) is 0 Å². The fourth-order valence-electron chi connectivity index (χ4n) is 2.32. The second kappa shape index (κ2) is 5.90. The molecule has 0 spiro atoms. The lowest BCUT2D eigenvalue weighted by atomic mass is 10.2. The van der Waals surface area contributed by atoms with Crippen LogP contribution < -0.4 is 4.90 Å². The standard InChI is InChI=1S/C12H17ClN8/c1-9(2)19-3-5-20(6-4-19)11-16-10(13)17-12(18-11)21-8-14-7-15-21/h7-9H,3-6H2,1-2H3. The number of hydrogen-bond donors (Lipinski definition) is 0. The van der Waals surface area contributed by atoms with Crippen LogP contribution in [0.4, 0.5) is 5.95 Å². The predicted octanol–water partition coefficient (Wildman–Crippen LogP) is 0.636. The summed E-state index contributed by atoms with van der Waals surface area (Å²) in [6.07, 6.45) is 2.96. The summed E-state index contributed by atoms with van der Waals surface area (Å²) in [5.74, 6) is 0.970. The predicted molar refractivity (Wildman–Crippen MR) is 78.7 cm³/mol. The Morgan fingerprint density at radius 3 is 2.38 bits per heavy atom. The third-order valence-electron chi connectivity index (χ3n) is 3.54. The highest BCUT2D eigenvalue weighted by Gasteiger charge is 2.21. The van der Waals surface area contributed by atoms with Gasteiger partial charge in [0.1, 0.15) is 12.7 Å². The molecule has 0 saturated carbocycles. The number of halogens is 1. The number of anilines is 1. The van der Waals surface area contributed by atoms with Crippen LogP contribution in [0.15, 0.2) is 12.7 Å². The van der Waals surface area contributed by atoms with E-state index in [2.05, 4.69) is 48.7 Å². The van der Waals surface area contributed by atoms with Crippen molar-refractivity contribution in [3.8, 4) is 5.95 Å². The van der Waals surface area contributed by atoms with Crippen LogP contribution in [0.25, 0.3) is 5.95 Å². The van der Waals surface area contributed by atoms with Gasteiger partial charge in [-0.25, -0.2) is 4.98 Å². The minimum atomic E-state index is 0.164. The van der Waals surface area contributed by atoms with Crippen molar-refractivity contribution >= 4 is 17.5 Å². The minimum absolute atomic E-state index is 0.164. The van der Waals surface area contributed by atoms with Gasteiger partial charge in [-0.3, -0.25) is 4.90 Å². The Morgan fingerprint density at radius 1 is 1.05 bits per heavy atom. The fourth-order valence-corrected chi connectivity index (χ4v) is 2.47. The highest BCUT2D eigenvalue weighted by atomic mass is 35.5. The smallest absolute Gasteiger partial charge is 0.258 e. The molecule has 1 saturated heterocycles. The SMILES string of the molecule is CC(C)N1CCN(c2nc(Cl)nc(-n3cncn3)n2)CC1. The maximum atomic E-state index is 6.00. The molecular weight excluding hydrogens is 292 g/mol. The van der Waals surface area contributed by atoms with Crippen LogP contribution in [0, 0.1) is 0 Å². The molecule has 0 atom stereocenters. The third kappa shape index (κ3) is 3.11. The van der Waals surface area contributed by atoms with E-state index in [9.17, 15) is 0 Å². The van der Waals surface area contributed by atoms with E-state index in [0.29, 0.717) is 17.9 Å². The second-order valence-electron chi connectivity index (χ2n) is 5.16. The summed E-state index contributed by atoms with van der Waals surface area (Å²) < 4.78 is 1.47. The van der Waals surface area contributed by atoms with Crippen LogP contribution in [-0.2, 0) is 0 Å². The van der Waals surface area contributed by atoms with Crippen molar-refractivity contribution in [3.63, 3.8) is 0 Å². The van der Waals surface area contributed by atoms with Crippen LogP contribution >= 0.6 is 11.6 Å². The van der Waals surface area contributed by atoms with Crippen molar-refractivity contribution in [2.24, 2.45) is 0 Å². The number of nitrogens with zero attached hydrogens (tertiary/aromatic N) is 8. The molecule has 0 amide bonds. The van der Waals surface area contributed by atoms with Gasteiger partial charge in [0.05, 0.1) is 0 Å². The molecule has 3 heterocycles. The summed E-state index contributed by atoms with van der Waals surface area (Å²) in [7, 11) is 0. The van der Waals surface area contributed by atoms with Crippen molar-refractivity contribution in [1.29, 1.82) is 0 Å². The van der Waals surface area contributed by atoms with Gasteiger partial charge in [-0.1, -0.05) is 0 Å². The Morgan fingerprint density at radius 2 is 1.76 bits per heavy atom. The van der Waals surface area contributed by atoms with Gasteiger partial charge in [0, 0.05) is 32.2 Å². The van der Waals surface area contributed by atoms with Crippen LogP contribution in [0.2, 0.25) is 5.28 Å². The van der Waals surface area contributed by atoms with E-state index in [1.807, 2.05) is 0 Å². The molecule has 1 fully saturated rings. The van der Waals surface area contributed by atoms with Crippen molar-refractivity contribution in [2.45, 2.75) is 19.9 Å². The first-order valence-electron chi connectivity index (χ1n) is 6.89. The lowest BCUT2D eigenvalue weighted by Crippen LogP contribution is -2.49. The van der Waals surface area contributed by atoms with Gasteiger partial charge in [-0.05, 0) is 25.4 Å². The third-order valence-corrected chi connectivity index (χ3v) is 3.70. The van der Waals surface area contributed by atoms with Crippen LogP contribution in [0.3, 0.4) is 0 Å². The summed E-state index contributed by atoms with van der Waals surface area (Å²) in [4.78, 5) is 21.2. The Kier molecular flexibility index (Phi) is 3.98. The maximum absolute atomic E-state index is 6.00. The molecule has 0 unspecified atom stereocenters. The quantitative estimate of drug-likeness (QED) is 0.823. The molecule has 0 radical (unpaired) electrons. The van der Waals surface area contributed by atoms with Gasteiger partial charge in [-0.15, -0.1) is 0 Å². The van der Waals surface area contributed by atoms with Gasteiger partial charge >= 0.3 is 0 Å². The lowest BCUT2D eigenvalue weighted by Gasteiger charge is -2.36. The first kappa shape index (κ1) is 14.2. The van der Waals surface area contributed by atoms with Crippen LogP contribution in [-0.4, -0.2) is 66.8 Å². The van der Waals surface area contributed by atoms with Gasteiger partial charge in [-0.2, -0.15) is 24.7 Å². The summed E-state index contributed by atoms with van der Waals surface area (Å²) in [6, 6.07) is 0.555. The second-order valence-corrected chi connectivity index (χ2v) is 5.50. The van der Waals surface area contributed by atoms with Gasteiger partial charge in [0.25, 0.3) is 5.95 Å². The molecule has 9 heteroatoms. The van der Waals surface area contributed by atoms with Crippen molar-refractivity contribution < 1.29 is 0 Å². The Bertz CT molecular complexity index is 591. The summed E-state index contributed by atoms with van der Waals surface area (Å²) in [5, 5.41) is 4.18. The molecule has 112 valence electrons. The Labute approximate surface area is 127 Å². The summed E-state index contributed by atoms with van der Waals surface area (Å²) in [5.41, 5.74) is 0. The normalized spacial score (nSPS) is 16.7. The number of hydrogen-bond acceptors (Lipinski definition) is 7. The topological polar surface area (TPSA) is 75.9 Å². The van der Waals surface area contributed by atoms with Gasteiger partial charge in [0.15, 0.2) is 0 Å².